The zero-order valence-corrected chi connectivity index (χ0v) is 9.39. The number of carboxylic acids is 1. The van der Waals surface area contributed by atoms with Crippen LogP contribution in [0.25, 0.3) is 0 Å². The second kappa shape index (κ2) is 7.22. The van der Waals surface area contributed by atoms with Gasteiger partial charge < -0.3 is 15.2 Å². The Labute approximate surface area is 96.1 Å². The van der Waals surface area contributed by atoms with Crippen molar-refractivity contribution < 1.29 is 19.9 Å². The average Bonchev–Trinajstić information content (AvgIpc) is 2.19. The Morgan fingerprint density at radius 3 is 2.13 bits per heavy atom. The minimum absolute atomic E-state index is 0.488. The normalized spacial score (nSPS) is 8.47. The standard InChI is InChI=1S/C6H6BBrO2.C3H4O2/c8-6-4-2-1-3-5(6)7(9)10;1-2-3(4)5/h1-4,9-10H;2H,1H2,(H,4,5). The molecule has 0 fully saturated rings. The van der Waals surface area contributed by atoms with Gasteiger partial charge in [0.15, 0.2) is 0 Å². The minimum atomic E-state index is -1.39. The van der Waals surface area contributed by atoms with Gasteiger partial charge >= 0.3 is 13.1 Å². The maximum absolute atomic E-state index is 9.25. The molecule has 0 amide bonds. The van der Waals surface area contributed by atoms with Crippen LogP contribution in [0.2, 0.25) is 0 Å². The molecule has 0 aliphatic rings. The third-order valence-corrected chi connectivity index (χ3v) is 2.08. The highest BCUT2D eigenvalue weighted by molar-refractivity contribution is 9.10. The molecule has 0 saturated heterocycles. The molecule has 0 aliphatic carbocycles. The van der Waals surface area contributed by atoms with Gasteiger partial charge in [0.25, 0.3) is 0 Å². The topological polar surface area (TPSA) is 77.8 Å². The van der Waals surface area contributed by atoms with Crippen molar-refractivity contribution in [3.8, 4) is 0 Å². The molecule has 0 atom stereocenters. The second-order valence-corrected chi connectivity index (χ2v) is 3.29. The van der Waals surface area contributed by atoms with E-state index in [0.29, 0.717) is 9.94 Å². The lowest BCUT2D eigenvalue weighted by molar-refractivity contribution is -0.131. The van der Waals surface area contributed by atoms with Crippen LogP contribution in [0.4, 0.5) is 0 Å². The predicted molar refractivity (Wildman–Crippen MR) is 61.8 cm³/mol. The van der Waals surface area contributed by atoms with Crippen molar-refractivity contribution in [3.63, 3.8) is 0 Å². The Bertz CT molecular complexity index is 341. The van der Waals surface area contributed by atoms with E-state index in [1.54, 1.807) is 18.2 Å². The summed E-state index contributed by atoms with van der Waals surface area (Å²) in [6.07, 6.45) is 0.833. The van der Waals surface area contributed by atoms with Gasteiger partial charge in [-0.3, -0.25) is 0 Å². The molecular formula is C9H10BBrO4. The first-order chi connectivity index (χ1) is 6.99. The summed E-state index contributed by atoms with van der Waals surface area (Å²) < 4.78 is 0.713. The largest absolute Gasteiger partial charge is 0.489 e. The van der Waals surface area contributed by atoms with E-state index in [1.807, 2.05) is 6.07 Å². The van der Waals surface area contributed by atoms with E-state index < -0.39 is 13.1 Å². The Balaban J connectivity index is 0.000000336. The van der Waals surface area contributed by atoms with Crippen molar-refractivity contribution in [3.05, 3.63) is 41.4 Å². The molecule has 1 aromatic carbocycles. The molecule has 4 nitrogen and oxygen atoms in total. The van der Waals surface area contributed by atoms with E-state index in [1.165, 1.54) is 0 Å². The first kappa shape index (κ1) is 13.9. The molecule has 15 heavy (non-hydrogen) atoms. The van der Waals surface area contributed by atoms with Crippen LogP contribution in [0, 0.1) is 0 Å². The third-order valence-electron chi connectivity index (χ3n) is 1.36. The van der Waals surface area contributed by atoms with Gasteiger partial charge in [-0.25, -0.2) is 4.79 Å². The molecule has 6 heteroatoms. The lowest BCUT2D eigenvalue weighted by atomic mass is 9.80. The quantitative estimate of drug-likeness (QED) is 0.538. The smallest absolute Gasteiger partial charge is 0.478 e. The lowest BCUT2D eigenvalue weighted by Gasteiger charge is -1.99. The van der Waals surface area contributed by atoms with Crippen molar-refractivity contribution in [2.75, 3.05) is 0 Å². The van der Waals surface area contributed by atoms with E-state index in [4.69, 9.17) is 15.2 Å². The summed E-state index contributed by atoms with van der Waals surface area (Å²) in [5.41, 5.74) is 0.488. The van der Waals surface area contributed by atoms with Crippen LogP contribution in [0.1, 0.15) is 0 Å². The van der Waals surface area contributed by atoms with Gasteiger partial charge in [-0.2, -0.15) is 0 Å². The van der Waals surface area contributed by atoms with Crippen LogP contribution in [0.3, 0.4) is 0 Å². The van der Waals surface area contributed by atoms with Gasteiger partial charge in [-0.15, -0.1) is 0 Å². The first-order valence-electron chi connectivity index (χ1n) is 3.95. The van der Waals surface area contributed by atoms with Crippen LogP contribution >= 0.6 is 15.9 Å². The van der Waals surface area contributed by atoms with Crippen molar-refractivity contribution in [2.24, 2.45) is 0 Å². The number of benzene rings is 1. The van der Waals surface area contributed by atoms with Gasteiger partial charge in [0.05, 0.1) is 0 Å². The van der Waals surface area contributed by atoms with E-state index >= 15 is 0 Å². The zero-order chi connectivity index (χ0) is 11.8. The number of rotatable bonds is 2. The van der Waals surface area contributed by atoms with Crippen molar-refractivity contribution in [2.45, 2.75) is 0 Å². The molecule has 1 rings (SSSR count). The van der Waals surface area contributed by atoms with Gasteiger partial charge in [0.1, 0.15) is 0 Å². The highest BCUT2D eigenvalue weighted by atomic mass is 79.9. The van der Waals surface area contributed by atoms with Crippen LogP contribution in [-0.4, -0.2) is 28.2 Å². The summed E-state index contributed by atoms with van der Waals surface area (Å²) in [6, 6.07) is 6.97. The number of aliphatic carboxylic acids is 1. The Morgan fingerprint density at radius 2 is 1.87 bits per heavy atom. The Kier molecular flexibility index (Phi) is 6.69. The summed E-state index contributed by atoms with van der Waals surface area (Å²) in [6.45, 7) is 2.96. The second-order valence-electron chi connectivity index (χ2n) is 2.44. The molecule has 0 radical (unpaired) electrons. The molecule has 80 valence electrons. The number of halogens is 1. The molecule has 0 spiro atoms. The van der Waals surface area contributed by atoms with Crippen molar-refractivity contribution in [1.29, 1.82) is 0 Å². The molecule has 0 aromatic heterocycles. The number of carboxylic acid groups (broad SMARTS) is 1. The van der Waals surface area contributed by atoms with Crippen LogP contribution in [0.5, 0.6) is 0 Å². The van der Waals surface area contributed by atoms with E-state index in [9.17, 15) is 4.79 Å². The monoisotopic (exact) mass is 272 g/mol. The third kappa shape index (κ3) is 6.06. The maximum Gasteiger partial charge on any atom is 0.489 e. The number of hydrogen-bond acceptors (Lipinski definition) is 3. The summed E-state index contributed by atoms with van der Waals surface area (Å²) in [4.78, 5) is 9.25. The lowest BCUT2D eigenvalue weighted by Crippen LogP contribution is -2.30. The predicted octanol–water partition coefficient (Wildman–Crippen LogP) is 0.386. The van der Waals surface area contributed by atoms with Gasteiger partial charge in [-0.05, 0) is 11.5 Å². The molecule has 0 saturated carbocycles. The Hall–Kier alpha value is -1.11. The van der Waals surface area contributed by atoms with E-state index in [2.05, 4.69) is 22.5 Å². The fraction of sp³-hybridized carbons (Fsp3) is 0. The first-order valence-corrected chi connectivity index (χ1v) is 4.74. The van der Waals surface area contributed by atoms with Gasteiger partial charge in [-0.1, -0.05) is 40.7 Å². The van der Waals surface area contributed by atoms with Gasteiger partial charge in [0, 0.05) is 10.5 Å². The number of hydrogen-bond donors (Lipinski definition) is 3. The average molecular weight is 273 g/mol. The fourth-order valence-corrected chi connectivity index (χ4v) is 1.17. The summed E-state index contributed by atoms with van der Waals surface area (Å²) in [5.74, 6) is -0.981. The highest BCUT2D eigenvalue weighted by Crippen LogP contribution is 2.04. The number of carbonyl (C=O) groups is 1. The van der Waals surface area contributed by atoms with Crippen LogP contribution in [-0.2, 0) is 4.79 Å². The highest BCUT2D eigenvalue weighted by Gasteiger charge is 2.12. The van der Waals surface area contributed by atoms with Crippen LogP contribution in [0.15, 0.2) is 41.4 Å². The van der Waals surface area contributed by atoms with Gasteiger partial charge in [0.2, 0.25) is 0 Å². The Morgan fingerprint density at radius 1 is 1.40 bits per heavy atom. The van der Waals surface area contributed by atoms with Crippen LogP contribution < -0.4 is 5.46 Å². The zero-order valence-electron chi connectivity index (χ0n) is 7.80. The molecular weight excluding hydrogens is 263 g/mol. The summed E-state index contributed by atoms with van der Waals surface area (Å²) >= 11 is 3.18. The minimum Gasteiger partial charge on any atom is -0.478 e. The molecule has 0 aliphatic heterocycles. The van der Waals surface area contributed by atoms with Crippen molar-refractivity contribution in [1.82, 2.24) is 0 Å². The molecule has 0 heterocycles. The fourth-order valence-electron chi connectivity index (χ4n) is 0.684. The van der Waals surface area contributed by atoms with E-state index in [0.717, 1.165) is 6.08 Å². The summed E-state index contributed by atoms with van der Waals surface area (Å²) in [5, 5.41) is 25.1. The summed E-state index contributed by atoms with van der Waals surface area (Å²) in [7, 11) is -1.39. The maximum atomic E-state index is 9.25. The molecule has 0 unspecified atom stereocenters. The molecule has 1 aromatic rings. The SMILES string of the molecule is C=CC(=O)O.OB(O)c1ccccc1Br. The molecule has 0 bridgehead atoms. The molecule has 3 N–H and O–H groups in total. The van der Waals surface area contributed by atoms with Crippen molar-refractivity contribution >= 4 is 34.5 Å². The van der Waals surface area contributed by atoms with E-state index in [-0.39, 0.29) is 0 Å².